The first-order valence-corrected chi connectivity index (χ1v) is 7.20. The zero-order chi connectivity index (χ0) is 12.3. The van der Waals surface area contributed by atoms with E-state index in [0.29, 0.717) is 0 Å². The Hall–Kier alpha value is -0.580. The summed E-state index contributed by atoms with van der Waals surface area (Å²) in [4.78, 5) is 15.5. The van der Waals surface area contributed by atoms with E-state index in [0.717, 1.165) is 38.8 Å². The van der Waals surface area contributed by atoms with Gasteiger partial charge in [-0.3, -0.25) is 4.79 Å². The van der Waals surface area contributed by atoms with Gasteiger partial charge in [0, 0.05) is 18.0 Å². The second kappa shape index (κ2) is 7.12. The lowest BCUT2D eigenvalue weighted by molar-refractivity contribution is -0.133. The second-order valence-corrected chi connectivity index (χ2v) is 5.63. The first-order chi connectivity index (χ1) is 8.22. The molecule has 1 atom stereocenters. The average Bonchev–Trinajstić information content (AvgIpc) is 2.66. The van der Waals surface area contributed by atoms with Crippen LogP contribution in [0.3, 0.4) is 0 Å². The zero-order valence-corrected chi connectivity index (χ0v) is 12.4. The number of thiophene rings is 1. The number of nitrogens with two attached hydrogens (primary N) is 1. The third-order valence-electron chi connectivity index (χ3n) is 3.26. The van der Waals surface area contributed by atoms with Gasteiger partial charge < -0.3 is 10.6 Å². The topological polar surface area (TPSA) is 46.3 Å². The Kier molecular flexibility index (Phi) is 6.12. The monoisotopic (exact) mass is 288 g/mol. The van der Waals surface area contributed by atoms with Crippen LogP contribution < -0.4 is 5.73 Å². The smallest absolute Gasteiger partial charge is 0.239 e. The van der Waals surface area contributed by atoms with E-state index in [9.17, 15) is 4.79 Å². The summed E-state index contributed by atoms with van der Waals surface area (Å²) in [5, 5.41) is 2.12. The van der Waals surface area contributed by atoms with Crippen molar-refractivity contribution < 1.29 is 4.79 Å². The molecule has 5 heteroatoms. The van der Waals surface area contributed by atoms with E-state index >= 15 is 0 Å². The molecule has 1 aromatic rings. The summed E-state index contributed by atoms with van der Waals surface area (Å²) in [7, 11) is 0. The van der Waals surface area contributed by atoms with Gasteiger partial charge in [-0.2, -0.15) is 0 Å². The molecule has 0 fully saturated rings. The number of hydrogen-bond acceptors (Lipinski definition) is 3. The Bertz CT molecular complexity index is 394. The van der Waals surface area contributed by atoms with Crippen molar-refractivity contribution in [3.8, 4) is 0 Å². The van der Waals surface area contributed by atoms with E-state index in [1.54, 1.807) is 11.3 Å². The summed E-state index contributed by atoms with van der Waals surface area (Å²) >= 11 is 1.80. The first kappa shape index (κ1) is 15.5. The third kappa shape index (κ3) is 3.46. The molecule has 0 spiro atoms. The summed E-state index contributed by atoms with van der Waals surface area (Å²) in [5.74, 6) is 0.117. The van der Waals surface area contributed by atoms with Crippen molar-refractivity contribution in [1.82, 2.24) is 4.90 Å². The Balaban J connectivity index is 0.00000162. The maximum Gasteiger partial charge on any atom is 0.239 e. The van der Waals surface area contributed by atoms with Crippen molar-refractivity contribution in [2.45, 2.75) is 45.2 Å². The second-order valence-electron chi connectivity index (χ2n) is 4.63. The summed E-state index contributed by atoms with van der Waals surface area (Å²) in [6, 6.07) is 1.82. The van der Waals surface area contributed by atoms with E-state index in [4.69, 9.17) is 5.73 Å². The molecule has 2 rings (SSSR count). The molecule has 1 unspecified atom stereocenters. The quantitative estimate of drug-likeness (QED) is 0.929. The zero-order valence-electron chi connectivity index (χ0n) is 10.7. The standard InChI is InChI=1S/C13H20N2OS.ClH/c1-2-4-11(14)13(16)15-7-3-5-12-10(9-15)6-8-17-12;/h6,8,11H,2-5,7,9,14H2,1H3;1H. The maximum absolute atomic E-state index is 12.2. The van der Waals surface area contributed by atoms with Crippen LogP contribution in [-0.2, 0) is 17.8 Å². The Labute approximate surface area is 119 Å². The van der Waals surface area contributed by atoms with Crippen molar-refractivity contribution in [2.24, 2.45) is 5.73 Å². The number of halogens is 1. The van der Waals surface area contributed by atoms with Crippen molar-refractivity contribution >= 4 is 29.7 Å². The van der Waals surface area contributed by atoms with Gasteiger partial charge in [-0.05, 0) is 36.3 Å². The van der Waals surface area contributed by atoms with Gasteiger partial charge in [0.25, 0.3) is 0 Å². The summed E-state index contributed by atoms with van der Waals surface area (Å²) in [6.45, 7) is 3.65. The molecule has 0 saturated heterocycles. The molecule has 0 aliphatic carbocycles. The van der Waals surface area contributed by atoms with Crippen molar-refractivity contribution in [1.29, 1.82) is 0 Å². The van der Waals surface area contributed by atoms with E-state index < -0.39 is 0 Å². The molecule has 2 heterocycles. The van der Waals surface area contributed by atoms with Crippen LogP contribution in [0.1, 0.15) is 36.6 Å². The number of carbonyl (C=O) groups is 1. The number of amides is 1. The number of fused-ring (bicyclic) bond motifs is 1. The molecular weight excluding hydrogens is 268 g/mol. The molecule has 102 valence electrons. The lowest BCUT2D eigenvalue weighted by Gasteiger charge is -2.24. The number of hydrogen-bond donors (Lipinski definition) is 1. The van der Waals surface area contributed by atoms with Gasteiger partial charge in [0.05, 0.1) is 6.04 Å². The highest BCUT2D eigenvalue weighted by Crippen LogP contribution is 2.24. The highest BCUT2D eigenvalue weighted by molar-refractivity contribution is 7.10. The molecule has 0 radical (unpaired) electrons. The third-order valence-corrected chi connectivity index (χ3v) is 4.28. The maximum atomic E-state index is 12.2. The van der Waals surface area contributed by atoms with Gasteiger partial charge in [-0.1, -0.05) is 13.3 Å². The molecule has 1 aliphatic rings. The molecule has 3 nitrogen and oxygen atoms in total. The molecular formula is C13H21ClN2OS. The van der Waals surface area contributed by atoms with Gasteiger partial charge in [-0.15, -0.1) is 23.7 Å². The fourth-order valence-corrected chi connectivity index (χ4v) is 3.24. The SMILES string of the molecule is CCCC(N)C(=O)N1CCCc2sccc2C1.Cl. The summed E-state index contributed by atoms with van der Waals surface area (Å²) in [5.41, 5.74) is 7.23. The molecule has 1 aromatic heterocycles. The fourth-order valence-electron chi connectivity index (χ4n) is 2.30. The lowest BCUT2D eigenvalue weighted by atomic mass is 10.1. The molecule has 2 N–H and O–H groups in total. The Morgan fingerprint density at radius 1 is 1.61 bits per heavy atom. The summed E-state index contributed by atoms with van der Waals surface area (Å²) in [6.07, 6.45) is 3.90. The minimum atomic E-state index is -0.319. The van der Waals surface area contributed by atoms with Crippen molar-refractivity contribution in [3.05, 3.63) is 21.9 Å². The van der Waals surface area contributed by atoms with Crippen molar-refractivity contribution in [2.75, 3.05) is 6.54 Å². The molecule has 0 saturated carbocycles. The number of nitrogens with zero attached hydrogens (tertiary/aromatic N) is 1. The van der Waals surface area contributed by atoms with Crippen molar-refractivity contribution in [3.63, 3.8) is 0 Å². The molecule has 0 bridgehead atoms. The largest absolute Gasteiger partial charge is 0.337 e. The van der Waals surface area contributed by atoms with Gasteiger partial charge in [0.15, 0.2) is 0 Å². The highest BCUT2D eigenvalue weighted by Gasteiger charge is 2.23. The van der Waals surface area contributed by atoms with Crippen LogP contribution in [0.15, 0.2) is 11.4 Å². The Morgan fingerprint density at radius 2 is 2.39 bits per heavy atom. The van der Waals surface area contributed by atoms with E-state index in [1.807, 2.05) is 4.90 Å². The minimum Gasteiger partial charge on any atom is -0.337 e. The van der Waals surface area contributed by atoms with Crippen LogP contribution in [-0.4, -0.2) is 23.4 Å². The van der Waals surface area contributed by atoms with Gasteiger partial charge in [-0.25, -0.2) is 0 Å². The predicted octanol–water partition coefficient (Wildman–Crippen LogP) is 2.57. The number of aryl methyl sites for hydroxylation is 1. The van der Waals surface area contributed by atoms with Crippen LogP contribution in [0.25, 0.3) is 0 Å². The van der Waals surface area contributed by atoms with Crippen LogP contribution in [0.4, 0.5) is 0 Å². The van der Waals surface area contributed by atoms with E-state index in [2.05, 4.69) is 18.4 Å². The molecule has 1 aliphatic heterocycles. The summed E-state index contributed by atoms with van der Waals surface area (Å²) < 4.78 is 0. The van der Waals surface area contributed by atoms with Gasteiger partial charge in [0.1, 0.15) is 0 Å². The predicted molar refractivity (Wildman–Crippen MR) is 78.2 cm³/mol. The Morgan fingerprint density at radius 3 is 3.11 bits per heavy atom. The van der Waals surface area contributed by atoms with Gasteiger partial charge in [0.2, 0.25) is 5.91 Å². The number of carbonyl (C=O) groups excluding carboxylic acids is 1. The van der Waals surface area contributed by atoms with Crippen LogP contribution in [0.2, 0.25) is 0 Å². The highest BCUT2D eigenvalue weighted by atomic mass is 35.5. The lowest BCUT2D eigenvalue weighted by Crippen LogP contribution is -2.43. The van der Waals surface area contributed by atoms with E-state index in [1.165, 1.54) is 10.4 Å². The van der Waals surface area contributed by atoms with Crippen LogP contribution in [0, 0.1) is 0 Å². The van der Waals surface area contributed by atoms with Gasteiger partial charge >= 0.3 is 0 Å². The average molecular weight is 289 g/mol. The molecule has 18 heavy (non-hydrogen) atoms. The van der Waals surface area contributed by atoms with Crippen LogP contribution >= 0.6 is 23.7 Å². The molecule has 0 aromatic carbocycles. The number of rotatable bonds is 3. The van der Waals surface area contributed by atoms with Crippen LogP contribution in [0.5, 0.6) is 0 Å². The minimum absolute atomic E-state index is 0. The van der Waals surface area contributed by atoms with E-state index in [-0.39, 0.29) is 24.4 Å². The first-order valence-electron chi connectivity index (χ1n) is 6.32. The fraction of sp³-hybridized carbons (Fsp3) is 0.615. The molecule has 1 amide bonds. The normalized spacial score (nSPS) is 16.4.